The Bertz CT molecular complexity index is 734. The molecule has 0 saturated heterocycles. The van der Waals surface area contributed by atoms with E-state index in [9.17, 15) is 10.0 Å². The third-order valence-corrected chi connectivity index (χ3v) is 3.48. The second-order valence-corrected chi connectivity index (χ2v) is 5.11. The van der Waals surface area contributed by atoms with Gasteiger partial charge in [0.15, 0.2) is 0 Å². The van der Waals surface area contributed by atoms with Gasteiger partial charge in [-0.25, -0.2) is 0 Å². The maximum atomic E-state index is 9.23. The lowest BCUT2D eigenvalue weighted by molar-refractivity contribution is 0.426. The number of para-hydroxylation sites is 2. The van der Waals surface area contributed by atoms with E-state index in [1.54, 1.807) is 12.1 Å². The first-order chi connectivity index (χ1) is 11.2. The predicted octanol–water partition coefficient (Wildman–Crippen LogP) is 2.53. The number of hydrazine groups is 1. The molecule has 3 rings (SSSR count). The zero-order chi connectivity index (χ0) is 16.1. The summed E-state index contributed by atoms with van der Waals surface area (Å²) in [6, 6.07) is 26.9. The molecule has 3 N–H and O–H groups in total. The maximum absolute atomic E-state index is 9.23. The van der Waals surface area contributed by atoms with Crippen LogP contribution < -0.4 is 15.9 Å². The summed E-state index contributed by atoms with van der Waals surface area (Å²) in [6.07, 6.45) is 0. The minimum Gasteiger partial charge on any atom is -0.423 e. The molecule has 0 bridgehead atoms. The molecule has 3 aromatic rings. The van der Waals surface area contributed by atoms with Gasteiger partial charge in [0.25, 0.3) is 0 Å². The first kappa shape index (κ1) is 15.2. The third-order valence-electron chi connectivity index (χ3n) is 3.48. The molecule has 114 valence electrons. The minimum atomic E-state index is -1.46. The van der Waals surface area contributed by atoms with Crippen molar-refractivity contribution in [1.82, 2.24) is 0 Å². The predicted molar refractivity (Wildman–Crippen MR) is 94.9 cm³/mol. The van der Waals surface area contributed by atoms with Crippen LogP contribution in [0.15, 0.2) is 84.9 Å². The quantitative estimate of drug-likeness (QED) is 0.501. The van der Waals surface area contributed by atoms with Gasteiger partial charge in [-0.15, -0.1) is 0 Å². The zero-order valence-electron chi connectivity index (χ0n) is 12.5. The lowest BCUT2D eigenvalue weighted by Gasteiger charge is -2.27. The van der Waals surface area contributed by atoms with Crippen molar-refractivity contribution in [3.63, 3.8) is 0 Å². The average molecular weight is 304 g/mol. The summed E-state index contributed by atoms with van der Waals surface area (Å²) in [5.41, 5.74) is 6.66. The van der Waals surface area contributed by atoms with Crippen LogP contribution in [0.25, 0.3) is 0 Å². The van der Waals surface area contributed by atoms with Gasteiger partial charge in [-0.2, -0.15) is 0 Å². The van der Waals surface area contributed by atoms with Crippen LogP contribution in [0.5, 0.6) is 0 Å². The highest BCUT2D eigenvalue weighted by atomic mass is 16.4. The Labute approximate surface area is 135 Å². The Morgan fingerprint density at radius 1 is 0.652 bits per heavy atom. The van der Waals surface area contributed by atoms with Crippen molar-refractivity contribution in [1.29, 1.82) is 0 Å². The SMILES string of the molecule is OB(O)c1ccc(N(Nc2ccccc2)c2ccccc2)cc1. The molecule has 0 aromatic heterocycles. The number of anilines is 3. The fourth-order valence-electron chi connectivity index (χ4n) is 2.29. The van der Waals surface area contributed by atoms with Crippen LogP contribution in [0.3, 0.4) is 0 Å². The monoisotopic (exact) mass is 304 g/mol. The van der Waals surface area contributed by atoms with Gasteiger partial charge in [0.1, 0.15) is 0 Å². The molecule has 0 radical (unpaired) electrons. The van der Waals surface area contributed by atoms with Gasteiger partial charge in [0.2, 0.25) is 0 Å². The molecule has 3 aromatic carbocycles. The summed E-state index contributed by atoms with van der Waals surface area (Å²) in [5, 5.41) is 20.4. The molecule has 0 heterocycles. The van der Waals surface area contributed by atoms with Gasteiger partial charge >= 0.3 is 7.12 Å². The summed E-state index contributed by atoms with van der Waals surface area (Å²) in [4.78, 5) is 0. The average Bonchev–Trinajstić information content (AvgIpc) is 2.61. The van der Waals surface area contributed by atoms with Gasteiger partial charge in [0.05, 0.1) is 17.1 Å². The third kappa shape index (κ3) is 3.72. The minimum absolute atomic E-state index is 0.460. The highest BCUT2D eigenvalue weighted by Gasteiger charge is 2.13. The largest absolute Gasteiger partial charge is 0.488 e. The molecule has 0 spiro atoms. The number of nitrogens with zero attached hydrogens (tertiary/aromatic N) is 1. The summed E-state index contributed by atoms with van der Waals surface area (Å²) in [5.74, 6) is 0. The second kappa shape index (κ2) is 7.00. The van der Waals surface area contributed by atoms with Crippen LogP contribution in [0.4, 0.5) is 17.1 Å². The fraction of sp³-hybridized carbons (Fsp3) is 0. The Balaban J connectivity index is 1.94. The second-order valence-electron chi connectivity index (χ2n) is 5.11. The van der Waals surface area contributed by atoms with Crippen LogP contribution in [-0.2, 0) is 0 Å². The number of rotatable bonds is 5. The molecule has 0 aliphatic rings. The van der Waals surface area contributed by atoms with E-state index in [0.29, 0.717) is 5.46 Å². The number of hydrogen-bond acceptors (Lipinski definition) is 4. The molecule has 0 amide bonds. The molecule has 4 nitrogen and oxygen atoms in total. The molecule has 0 aliphatic heterocycles. The van der Waals surface area contributed by atoms with Crippen molar-refractivity contribution in [2.75, 3.05) is 10.4 Å². The summed E-state index contributed by atoms with van der Waals surface area (Å²) in [6.45, 7) is 0. The molecular weight excluding hydrogens is 287 g/mol. The number of hydrogen-bond donors (Lipinski definition) is 3. The van der Waals surface area contributed by atoms with Crippen molar-refractivity contribution in [2.24, 2.45) is 0 Å². The van der Waals surface area contributed by atoms with E-state index in [1.165, 1.54) is 0 Å². The van der Waals surface area contributed by atoms with Crippen LogP contribution >= 0.6 is 0 Å². The molecule has 5 heteroatoms. The first-order valence-corrected chi connectivity index (χ1v) is 7.37. The van der Waals surface area contributed by atoms with E-state index >= 15 is 0 Å². The van der Waals surface area contributed by atoms with E-state index < -0.39 is 7.12 Å². The van der Waals surface area contributed by atoms with Gasteiger partial charge in [-0.05, 0) is 41.9 Å². The lowest BCUT2D eigenvalue weighted by atomic mass is 9.80. The first-order valence-electron chi connectivity index (χ1n) is 7.37. The van der Waals surface area contributed by atoms with Gasteiger partial charge in [0, 0.05) is 0 Å². The smallest absolute Gasteiger partial charge is 0.423 e. The van der Waals surface area contributed by atoms with E-state index in [1.807, 2.05) is 77.8 Å². The molecule has 23 heavy (non-hydrogen) atoms. The summed E-state index contributed by atoms with van der Waals surface area (Å²) < 4.78 is 0. The van der Waals surface area contributed by atoms with E-state index in [-0.39, 0.29) is 0 Å². The highest BCUT2D eigenvalue weighted by molar-refractivity contribution is 6.58. The normalized spacial score (nSPS) is 10.2. The van der Waals surface area contributed by atoms with E-state index in [2.05, 4.69) is 5.43 Å². The highest BCUT2D eigenvalue weighted by Crippen LogP contribution is 2.25. The maximum Gasteiger partial charge on any atom is 0.488 e. The molecular formula is C18H17BN2O2. The van der Waals surface area contributed by atoms with Crippen molar-refractivity contribution >= 4 is 29.6 Å². The van der Waals surface area contributed by atoms with Crippen molar-refractivity contribution in [3.05, 3.63) is 84.9 Å². The number of benzene rings is 3. The standard InChI is InChI=1S/C18H17BN2O2/c22-19(23)15-11-13-18(14-12-15)21(17-9-5-2-6-10-17)20-16-7-3-1-4-8-16/h1-14,20,22-23H. The van der Waals surface area contributed by atoms with Crippen LogP contribution in [0, 0.1) is 0 Å². The fourth-order valence-corrected chi connectivity index (χ4v) is 2.29. The molecule has 0 unspecified atom stereocenters. The molecule has 0 fully saturated rings. The lowest BCUT2D eigenvalue weighted by Crippen LogP contribution is -2.30. The Hall–Kier alpha value is -2.76. The molecule has 0 atom stereocenters. The van der Waals surface area contributed by atoms with Crippen molar-refractivity contribution < 1.29 is 10.0 Å². The molecule has 0 aliphatic carbocycles. The van der Waals surface area contributed by atoms with Crippen molar-refractivity contribution in [3.8, 4) is 0 Å². The van der Waals surface area contributed by atoms with Crippen LogP contribution in [0.2, 0.25) is 0 Å². The Kier molecular flexibility index (Phi) is 4.61. The van der Waals surface area contributed by atoms with E-state index in [0.717, 1.165) is 17.1 Å². The van der Waals surface area contributed by atoms with E-state index in [4.69, 9.17) is 0 Å². The molecule has 0 saturated carbocycles. The zero-order valence-corrected chi connectivity index (χ0v) is 12.5. The topological polar surface area (TPSA) is 55.7 Å². The Morgan fingerprint density at radius 2 is 1.17 bits per heavy atom. The summed E-state index contributed by atoms with van der Waals surface area (Å²) >= 11 is 0. The summed E-state index contributed by atoms with van der Waals surface area (Å²) in [7, 11) is -1.46. The Morgan fingerprint density at radius 3 is 1.74 bits per heavy atom. The number of nitrogens with one attached hydrogen (secondary N) is 1. The van der Waals surface area contributed by atoms with Crippen LogP contribution in [-0.4, -0.2) is 17.2 Å². The van der Waals surface area contributed by atoms with Gasteiger partial charge < -0.3 is 10.0 Å². The van der Waals surface area contributed by atoms with Crippen molar-refractivity contribution in [2.45, 2.75) is 0 Å². The van der Waals surface area contributed by atoms with Gasteiger partial charge in [-0.1, -0.05) is 48.5 Å². The van der Waals surface area contributed by atoms with Gasteiger partial charge in [-0.3, -0.25) is 10.4 Å². The van der Waals surface area contributed by atoms with Crippen LogP contribution in [0.1, 0.15) is 0 Å².